The van der Waals surface area contributed by atoms with Gasteiger partial charge in [-0.2, -0.15) is 0 Å². The maximum Gasteiger partial charge on any atom is 0.262 e. The molecule has 5 rings (SSSR count). The number of carbonyl (C=O) groups excluding carboxylic acids is 3. The first-order valence-corrected chi connectivity index (χ1v) is 10.5. The van der Waals surface area contributed by atoms with Gasteiger partial charge in [0.05, 0.1) is 31.4 Å². The van der Waals surface area contributed by atoms with Crippen LogP contribution in [0, 0.1) is 6.92 Å². The van der Waals surface area contributed by atoms with E-state index in [9.17, 15) is 14.4 Å². The predicted octanol–water partition coefficient (Wildman–Crippen LogP) is 3.76. The van der Waals surface area contributed by atoms with Crippen molar-refractivity contribution in [3.8, 4) is 11.5 Å². The molecule has 3 aromatic rings. The van der Waals surface area contributed by atoms with Crippen LogP contribution in [0.1, 0.15) is 37.9 Å². The Morgan fingerprint density at radius 3 is 1.94 bits per heavy atom. The van der Waals surface area contributed by atoms with Crippen molar-refractivity contribution in [2.45, 2.75) is 19.0 Å². The van der Waals surface area contributed by atoms with E-state index in [0.717, 1.165) is 10.5 Å². The lowest BCUT2D eigenvalue weighted by atomic mass is 9.85. The first-order valence-electron chi connectivity index (χ1n) is 10.5. The van der Waals surface area contributed by atoms with Crippen molar-refractivity contribution >= 4 is 23.4 Å². The van der Waals surface area contributed by atoms with Crippen molar-refractivity contribution in [2.75, 3.05) is 19.1 Å². The van der Waals surface area contributed by atoms with Gasteiger partial charge in [0.25, 0.3) is 17.7 Å². The van der Waals surface area contributed by atoms with Gasteiger partial charge in [0.15, 0.2) is 0 Å². The van der Waals surface area contributed by atoms with E-state index in [-0.39, 0.29) is 5.91 Å². The third-order valence-electron chi connectivity index (χ3n) is 6.24. The molecule has 0 bridgehead atoms. The molecule has 1 saturated heterocycles. The molecule has 0 spiro atoms. The van der Waals surface area contributed by atoms with Crippen LogP contribution in [0.25, 0.3) is 0 Å². The number of ether oxygens (including phenoxy) is 2. The van der Waals surface area contributed by atoms with Gasteiger partial charge in [0, 0.05) is 11.3 Å². The molecule has 3 aromatic carbocycles. The molecule has 3 amide bonds. The standard InChI is InChI=1S/C26H22N2O5/c1-15-8-10-16(11-9-15)27-22(20-14-17(32-2)12-13-21(20)33-3)23(26(27)31)28-24(29)18-6-4-5-7-19(18)25(28)30/h4-14,22-23H,1-3H3. The highest BCUT2D eigenvalue weighted by atomic mass is 16.5. The van der Waals surface area contributed by atoms with Crippen LogP contribution in [-0.2, 0) is 4.79 Å². The summed E-state index contributed by atoms with van der Waals surface area (Å²) in [6.45, 7) is 1.96. The molecular formula is C26H22N2O5. The van der Waals surface area contributed by atoms with Crippen molar-refractivity contribution in [1.29, 1.82) is 0 Å². The van der Waals surface area contributed by atoms with Crippen LogP contribution < -0.4 is 14.4 Å². The Morgan fingerprint density at radius 2 is 1.36 bits per heavy atom. The molecule has 0 aromatic heterocycles. The number of imide groups is 1. The quantitative estimate of drug-likeness (QED) is 0.444. The van der Waals surface area contributed by atoms with Gasteiger partial charge >= 0.3 is 0 Å². The molecule has 0 aliphatic carbocycles. The van der Waals surface area contributed by atoms with E-state index in [1.165, 1.54) is 0 Å². The molecule has 2 heterocycles. The molecule has 1 fully saturated rings. The summed E-state index contributed by atoms with van der Waals surface area (Å²) in [5, 5.41) is 0. The van der Waals surface area contributed by atoms with Crippen LogP contribution in [0.3, 0.4) is 0 Å². The normalized spacial score (nSPS) is 19.4. The predicted molar refractivity (Wildman–Crippen MR) is 122 cm³/mol. The Morgan fingerprint density at radius 1 is 0.727 bits per heavy atom. The zero-order valence-electron chi connectivity index (χ0n) is 18.4. The largest absolute Gasteiger partial charge is 0.497 e. The molecule has 0 N–H and O–H groups in total. The van der Waals surface area contributed by atoms with E-state index >= 15 is 0 Å². The van der Waals surface area contributed by atoms with Crippen LogP contribution in [0.15, 0.2) is 66.7 Å². The van der Waals surface area contributed by atoms with Gasteiger partial charge < -0.3 is 14.4 Å². The minimum absolute atomic E-state index is 0.306. The first kappa shape index (κ1) is 20.8. The molecule has 0 radical (unpaired) electrons. The monoisotopic (exact) mass is 442 g/mol. The summed E-state index contributed by atoms with van der Waals surface area (Å²) in [5.74, 6) is -0.154. The maximum absolute atomic E-state index is 13.5. The zero-order valence-corrected chi connectivity index (χ0v) is 18.4. The van der Waals surface area contributed by atoms with Crippen molar-refractivity contribution in [1.82, 2.24) is 4.90 Å². The molecule has 2 aliphatic rings. The highest BCUT2D eigenvalue weighted by Gasteiger charge is 2.58. The van der Waals surface area contributed by atoms with E-state index in [4.69, 9.17) is 9.47 Å². The number of anilines is 1. The summed E-state index contributed by atoms with van der Waals surface area (Å²) >= 11 is 0. The molecule has 2 atom stereocenters. The number of nitrogens with zero attached hydrogens (tertiary/aromatic N) is 2. The number of amides is 3. The molecule has 0 saturated carbocycles. The molecule has 7 heteroatoms. The number of β-lactam (4-membered cyclic amide) rings is 1. The Bertz CT molecular complexity index is 1250. The fourth-order valence-electron chi connectivity index (χ4n) is 4.56. The second kappa shape index (κ2) is 7.78. The zero-order chi connectivity index (χ0) is 23.3. The second-order valence-corrected chi connectivity index (χ2v) is 8.07. The van der Waals surface area contributed by atoms with Gasteiger partial charge in [-0.15, -0.1) is 0 Å². The van der Waals surface area contributed by atoms with Crippen LogP contribution in [0.2, 0.25) is 0 Å². The summed E-state index contributed by atoms with van der Waals surface area (Å²) in [6.07, 6.45) is 0. The van der Waals surface area contributed by atoms with E-state index in [1.807, 2.05) is 31.2 Å². The van der Waals surface area contributed by atoms with Crippen LogP contribution in [0.4, 0.5) is 5.69 Å². The van der Waals surface area contributed by atoms with Gasteiger partial charge in [0.2, 0.25) is 0 Å². The number of hydrogen-bond donors (Lipinski definition) is 0. The van der Waals surface area contributed by atoms with E-state index in [2.05, 4.69) is 0 Å². The molecular weight excluding hydrogens is 420 g/mol. The summed E-state index contributed by atoms with van der Waals surface area (Å²) in [5.41, 5.74) is 2.99. The van der Waals surface area contributed by atoms with Gasteiger partial charge in [-0.1, -0.05) is 29.8 Å². The lowest BCUT2D eigenvalue weighted by molar-refractivity contribution is -0.130. The van der Waals surface area contributed by atoms with Crippen molar-refractivity contribution in [3.63, 3.8) is 0 Å². The molecule has 7 nitrogen and oxygen atoms in total. The van der Waals surface area contributed by atoms with Gasteiger partial charge in [-0.3, -0.25) is 19.3 Å². The third-order valence-corrected chi connectivity index (χ3v) is 6.24. The molecule has 166 valence electrons. The average molecular weight is 442 g/mol. The number of fused-ring (bicyclic) bond motifs is 1. The van der Waals surface area contributed by atoms with Crippen LogP contribution in [-0.4, -0.2) is 42.9 Å². The fourth-order valence-corrected chi connectivity index (χ4v) is 4.56. The molecule has 33 heavy (non-hydrogen) atoms. The highest BCUT2D eigenvalue weighted by molar-refractivity contribution is 6.24. The Hall–Kier alpha value is -4.13. The maximum atomic E-state index is 13.5. The summed E-state index contributed by atoms with van der Waals surface area (Å²) in [4.78, 5) is 42.6. The van der Waals surface area contributed by atoms with Gasteiger partial charge in [-0.05, 0) is 49.4 Å². The second-order valence-electron chi connectivity index (χ2n) is 8.07. The highest BCUT2D eigenvalue weighted by Crippen LogP contribution is 2.47. The summed E-state index contributed by atoms with van der Waals surface area (Å²) < 4.78 is 11.0. The minimum atomic E-state index is -1.00. The van der Waals surface area contributed by atoms with E-state index < -0.39 is 23.9 Å². The molecule has 2 unspecified atom stereocenters. The number of hydrogen-bond acceptors (Lipinski definition) is 5. The Kier molecular flexibility index (Phi) is 4.89. The number of aryl methyl sites for hydroxylation is 1. The topological polar surface area (TPSA) is 76.1 Å². The number of rotatable bonds is 5. The third kappa shape index (κ3) is 3.08. The van der Waals surface area contributed by atoms with E-state index in [0.29, 0.717) is 33.9 Å². The lowest BCUT2D eigenvalue weighted by Gasteiger charge is -2.50. The first-order chi connectivity index (χ1) is 16.0. The Labute approximate surface area is 191 Å². The number of methoxy groups -OCH3 is 2. The van der Waals surface area contributed by atoms with Gasteiger partial charge in [-0.25, -0.2) is 0 Å². The van der Waals surface area contributed by atoms with E-state index in [1.54, 1.807) is 61.6 Å². The SMILES string of the molecule is COc1ccc(OC)c(C2C(N3C(=O)c4ccccc4C3=O)C(=O)N2c2ccc(C)cc2)c1. The fraction of sp³-hybridized carbons (Fsp3) is 0.192. The van der Waals surface area contributed by atoms with Crippen LogP contribution >= 0.6 is 0 Å². The van der Waals surface area contributed by atoms with Crippen molar-refractivity contribution in [2.24, 2.45) is 0 Å². The van der Waals surface area contributed by atoms with Gasteiger partial charge in [0.1, 0.15) is 17.5 Å². The number of benzene rings is 3. The number of carbonyl (C=O) groups is 3. The average Bonchev–Trinajstić information content (AvgIpc) is 3.08. The van der Waals surface area contributed by atoms with Crippen molar-refractivity contribution < 1.29 is 23.9 Å². The lowest BCUT2D eigenvalue weighted by Crippen LogP contribution is -2.67. The minimum Gasteiger partial charge on any atom is -0.497 e. The van der Waals surface area contributed by atoms with Crippen molar-refractivity contribution in [3.05, 3.63) is 89.0 Å². The molecule has 2 aliphatic heterocycles. The smallest absolute Gasteiger partial charge is 0.262 e. The Balaban J connectivity index is 1.64. The van der Waals surface area contributed by atoms with Crippen LogP contribution in [0.5, 0.6) is 11.5 Å². The summed E-state index contributed by atoms with van der Waals surface area (Å²) in [7, 11) is 3.09. The summed E-state index contributed by atoms with van der Waals surface area (Å²) in [6, 6.07) is 17.8.